The van der Waals surface area contributed by atoms with Gasteiger partial charge in [-0.3, -0.25) is 0 Å². The fraction of sp³-hybridized carbons (Fsp3) is 0.727. The number of halogens is 3. The van der Waals surface area contributed by atoms with Crippen LogP contribution in [0, 0.1) is 5.92 Å². The van der Waals surface area contributed by atoms with Crippen molar-refractivity contribution in [3.05, 3.63) is 5.82 Å². The summed E-state index contributed by atoms with van der Waals surface area (Å²) < 4.78 is 40.7. The van der Waals surface area contributed by atoms with Gasteiger partial charge in [0.15, 0.2) is 0 Å². The first-order valence-corrected chi connectivity index (χ1v) is 7.00. The molecule has 2 unspecified atom stereocenters. The molecule has 1 saturated heterocycles. The second-order valence-electron chi connectivity index (χ2n) is 4.74. The number of hydrogen-bond acceptors (Lipinski definition) is 5. The van der Waals surface area contributed by atoms with E-state index in [9.17, 15) is 23.1 Å². The SMILES string of the molecule is CCC1CCN(c2nc(C(F)(F)F)ns2)C(C(=O)O)C1. The summed E-state index contributed by atoms with van der Waals surface area (Å²) in [5.74, 6) is -1.96. The van der Waals surface area contributed by atoms with Crippen molar-refractivity contribution in [3.63, 3.8) is 0 Å². The van der Waals surface area contributed by atoms with Crippen molar-refractivity contribution in [1.29, 1.82) is 0 Å². The first-order chi connectivity index (χ1) is 9.32. The number of rotatable bonds is 3. The zero-order valence-corrected chi connectivity index (χ0v) is 11.5. The van der Waals surface area contributed by atoms with Crippen LogP contribution >= 0.6 is 11.5 Å². The van der Waals surface area contributed by atoms with E-state index in [1.807, 2.05) is 6.92 Å². The molecule has 2 rings (SSSR count). The molecule has 0 aliphatic carbocycles. The predicted molar refractivity (Wildman–Crippen MR) is 66.7 cm³/mol. The Hall–Kier alpha value is -1.38. The third-order valence-electron chi connectivity index (χ3n) is 3.49. The highest BCUT2D eigenvalue weighted by atomic mass is 32.1. The van der Waals surface area contributed by atoms with Crippen molar-refractivity contribution in [2.45, 2.75) is 38.4 Å². The molecule has 0 bridgehead atoms. The van der Waals surface area contributed by atoms with Crippen molar-refractivity contribution in [2.24, 2.45) is 5.92 Å². The molecule has 9 heteroatoms. The van der Waals surface area contributed by atoms with Crippen LogP contribution in [-0.2, 0) is 11.0 Å². The summed E-state index contributed by atoms with van der Waals surface area (Å²) in [7, 11) is 0. The molecule has 1 fully saturated rings. The summed E-state index contributed by atoms with van der Waals surface area (Å²) >= 11 is 0.594. The van der Waals surface area contributed by atoms with Gasteiger partial charge in [0.05, 0.1) is 0 Å². The Morgan fingerprint density at radius 3 is 2.75 bits per heavy atom. The van der Waals surface area contributed by atoms with Gasteiger partial charge in [-0.15, -0.1) is 0 Å². The summed E-state index contributed by atoms with van der Waals surface area (Å²) in [6, 6.07) is -0.831. The van der Waals surface area contributed by atoms with E-state index in [0.29, 0.717) is 24.5 Å². The first kappa shape index (κ1) is 15.0. The van der Waals surface area contributed by atoms with E-state index in [4.69, 9.17) is 0 Å². The summed E-state index contributed by atoms with van der Waals surface area (Å²) in [4.78, 5) is 16.1. The molecule has 0 aromatic carbocycles. The maximum atomic E-state index is 12.5. The lowest BCUT2D eigenvalue weighted by Crippen LogP contribution is -2.47. The Bertz CT molecular complexity index is 492. The molecular weight excluding hydrogens is 295 g/mol. The van der Waals surface area contributed by atoms with Crippen molar-refractivity contribution >= 4 is 22.6 Å². The standard InChI is InChI=1S/C11H14F3N3O2S/c1-2-6-3-4-17(7(5-6)8(18)19)10-15-9(16-20-10)11(12,13)14/h6-7H,2-5H2,1H3,(H,18,19). The normalized spacial score (nSPS) is 23.9. The topological polar surface area (TPSA) is 66.3 Å². The van der Waals surface area contributed by atoms with Crippen molar-refractivity contribution in [1.82, 2.24) is 9.36 Å². The van der Waals surface area contributed by atoms with Gasteiger partial charge in [-0.25, -0.2) is 4.79 Å². The number of carboxylic acid groups (broad SMARTS) is 1. The van der Waals surface area contributed by atoms with E-state index in [1.54, 1.807) is 0 Å². The lowest BCUT2D eigenvalue weighted by atomic mass is 9.89. The molecule has 2 heterocycles. The number of nitrogens with zero attached hydrogens (tertiary/aromatic N) is 3. The number of alkyl halides is 3. The number of hydrogen-bond donors (Lipinski definition) is 1. The monoisotopic (exact) mass is 309 g/mol. The van der Waals surface area contributed by atoms with Gasteiger partial charge in [0.25, 0.3) is 0 Å². The van der Waals surface area contributed by atoms with Crippen molar-refractivity contribution in [2.75, 3.05) is 11.4 Å². The third kappa shape index (κ3) is 3.02. The number of anilines is 1. The van der Waals surface area contributed by atoms with Gasteiger partial charge in [-0.2, -0.15) is 22.5 Å². The van der Waals surface area contributed by atoms with Crippen LogP contribution in [0.2, 0.25) is 0 Å². The quantitative estimate of drug-likeness (QED) is 0.930. The Morgan fingerprint density at radius 2 is 2.25 bits per heavy atom. The molecule has 2 atom stereocenters. The molecule has 1 N–H and O–H groups in total. The van der Waals surface area contributed by atoms with Crippen LogP contribution in [-0.4, -0.2) is 33.0 Å². The highest BCUT2D eigenvalue weighted by Crippen LogP contribution is 2.34. The Morgan fingerprint density at radius 1 is 1.55 bits per heavy atom. The van der Waals surface area contributed by atoms with Gasteiger partial charge in [0.2, 0.25) is 11.0 Å². The van der Waals surface area contributed by atoms with Gasteiger partial charge < -0.3 is 10.0 Å². The molecule has 20 heavy (non-hydrogen) atoms. The number of piperidine rings is 1. The number of carbonyl (C=O) groups is 1. The van der Waals surface area contributed by atoms with E-state index in [-0.39, 0.29) is 11.0 Å². The molecule has 1 aliphatic heterocycles. The Balaban J connectivity index is 2.22. The molecule has 0 radical (unpaired) electrons. The Kier molecular flexibility index (Phi) is 4.17. The second kappa shape index (κ2) is 5.55. The number of aliphatic carboxylic acids is 1. The average molecular weight is 309 g/mol. The van der Waals surface area contributed by atoms with Gasteiger partial charge in [0.1, 0.15) is 6.04 Å². The average Bonchev–Trinajstić information content (AvgIpc) is 2.87. The van der Waals surface area contributed by atoms with Crippen LogP contribution in [0.15, 0.2) is 0 Å². The lowest BCUT2D eigenvalue weighted by molar-refractivity contribution is -0.144. The molecule has 0 amide bonds. The van der Waals surface area contributed by atoms with Gasteiger partial charge >= 0.3 is 12.1 Å². The van der Waals surface area contributed by atoms with Crippen LogP contribution in [0.1, 0.15) is 32.0 Å². The molecule has 112 valence electrons. The molecule has 0 saturated carbocycles. The third-order valence-corrected chi connectivity index (χ3v) is 4.24. The van der Waals surface area contributed by atoms with Crippen LogP contribution < -0.4 is 4.90 Å². The highest BCUT2D eigenvalue weighted by Gasteiger charge is 2.39. The lowest BCUT2D eigenvalue weighted by Gasteiger charge is -2.36. The Labute approximate surface area is 117 Å². The van der Waals surface area contributed by atoms with E-state index >= 15 is 0 Å². The van der Waals surface area contributed by atoms with Crippen molar-refractivity contribution < 1.29 is 23.1 Å². The number of carboxylic acids is 1. The smallest absolute Gasteiger partial charge is 0.452 e. The predicted octanol–water partition coefficient (Wildman–Crippen LogP) is 2.64. The summed E-state index contributed by atoms with van der Waals surface area (Å²) in [5, 5.41) is 9.27. The van der Waals surface area contributed by atoms with Gasteiger partial charge in [0, 0.05) is 18.1 Å². The fourth-order valence-electron chi connectivity index (χ4n) is 2.32. The molecule has 1 aliphatic rings. The second-order valence-corrected chi connectivity index (χ2v) is 5.47. The van der Waals surface area contributed by atoms with E-state index in [0.717, 1.165) is 12.8 Å². The van der Waals surface area contributed by atoms with Crippen LogP contribution in [0.25, 0.3) is 0 Å². The molecule has 1 aromatic heterocycles. The molecule has 0 spiro atoms. The first-order valence-electron chi connectivity index (χ1n) is 6.23. The summed E-state index contributed by atoms with van der Waals surface area (Å²) in [6.45, 7) is 2.37. The van der Waals surface area contributed by atoms with Crippen molar-refractivity contribution in [3.8, 4) is 0 Å². The van der Waals surface area contributed by atoms with E-state index < -0.39 is 24.0 Å². The maximum Gasteiger partial charge on any atom is 0.452 e. The molecular formula is C11H14F3N3O2S. The van der Waals surface area contributed by atoms with Gasteiger partial charge in [-0.05, 0) is 18.8 Å². The fourth-order valence-corrected chi connectivity index (χ4v) is 3.08. The van der Waals surface area contributed by atoms with E-state index in [1.165, 1.54) is 4.90 Å². The van der Waals surface area contributed by atoms with E-state index in [2.05, 4.69) is 9.36 Å². The minimum absolute atomic E-state index is 0.0271. The zero-order valence-electron chi connectivity index (χ0n) is 10.7. The summed E-state index contributed by atoms with van der Waals surface area (Å²) in [5.41, 5.74) is 0. The highest BCUT2D eigenvalue weighted by molar-refractivity contribution is 7.09. The minimum Gasteiger partial charge on any atom is -0.480 e. The minimum atomic E-state index is -4.60. The number of aromatic nitrogens is 2. The largest absolute Gasteiger partial charge is 0.480 e. The zero-order chi connectivity index (χ0) is 14.9. The van der Waals surface area contributed by atoms with Crippen LogP contribution in [0.4, 0.5) is 18.3 Å². The maximum absolute atomic E-state index is 12.5. The van der Waals surface area contributed by atoms with Crippen LogP contribution in [0.5, 0.6) is 0 Å². The van der Waals surface area contributed by atoms with Crippen LogP contribution in [0.3, 0.4) is 0 Å². The molecule has 1 aromatic rings. The molecule has 5 nitrogen and oxygen atoms in total. The summed E-state index contributed by atoms with van der Waals surface area (Å²) in [6.07, 6.45) is -2.56. The van der Waals surface area contributed by atoms with Gasteiger partial charge in [-0.1, -0.05) is 13.3 Å².